The van der Waals surface area contributed by atoms with Gasteiger partial charge >= 0.3 is 0 Å². The minimum absolute atomic E-state index is 0.136. The quantitative estimate of drug-likeness (QED) is 0.643. The maximum Gasteiger partial charge on any atom is 0.217 e. The van der Waals surface area contributed by atoms with Gasteiger partial charge < -0.3 is 5.11 Å². The molecule has 0 spiro atoms. The van der Waals surface area contributed by atoms with Gasteiger partial charge in [0.15, 0.2) is 0 Å². The zero-order chi connectivity index (χ0) is 8.77. The lowest BCUT2D eigenvalue weighted by molar-refractivity contribution is 0.189. The number of β-amino-alcohol motifs (C(OH)–C–C–N with tert-alkyl or cyclic N) is 1. The van der Waals surface area contributed by atoms with Crippen LogP contribution in [0.4, 0.5) is 0 Å². The molecule has 5 heteroatoms. The van der Waals surface area contributed by atoms with Crippen LogP contribution in [-0.2, 0) is 10.0 Å². The van der Waals surface area contributed by atoms with E-state index >= 15 is 0 Å². The van der Waals surface area contributed by atoms with Crippen molar-refractivity contribution in [2.75, 3.05) is 13.1 Å². The summed E-state index contributed by atoms with van der Waals surface area (Å²) in [6, 6.07) is 0. The van der Waals surface area contributed by atoms with E-state index in [1.807, 2.05) is 0 Å². The van der Waals surface area contributed by atoms with E-state index in [1.165, 1.54) is 4.31 Å². The van der Waals surface area contributed by atoms with Crippen molar-refractivity contribution in [2.45, 2.75) is 30.6 Å². The fourth-order valence-corrected chi connectivity index (χ4v) is 3.41. The number of rotatable bonds is 2. The Hall–Kier alpha value is -0.130. The molecule has 1 N–H and O–H groups in total. The third-order valence-electron chi connectivity index (χ3n) is 2.43. The predicted octanol–water partition coefficient (Wildman–Crippen LogP) is -0.455. The summed E-state index contributed by atoms with van der Waals surface area (Å²) in [6.45, 7) is 0.804. The van der Waals surface area contributed by atoms with Crippen LogP contribution >= 0.6 is 0 Å². The second-order valence-corrected chi connectivity index (χ2v) is 5.76. The lowest BCUT2D eigenvalue weighted by Crippen LogP contribution is -2.32. The maximum absolute atomic E-state index is 11.6. The summed E-state index contributed by atoms with van der Waals surface area (Å²) < 4.78 is 24.5. The smallest absolute Gasteiger partial charge is 0.217 e. The first-order chi connectivity index (χ1) is 5.60. The molecule has 0 aromatic rings. The van der Waals surface area contributed by atoms with Gasteiger partial charge in [-0.2, -0.15) is 4.31 Å². The standard InChI is InChI=1S/C7H13NO3S/c9-6-3-4-8(5-6)12(10,11)7-1-2-7/h6-7,9H,1-5H2/t6-/m1/s1. The molecule has 0 bridgehead atoms. The van der Waals surface area contributed by atoms with Crippen LogP contribution in [0.15, 0.2) is 0 Å². The highest BCUT2D eigenvalue weighted by atomic mass is 32.2. The summed E-state index contributed by atoms with van der Waals surface area (Å²) in [5.74, 6) is 0. The van der Waals surface area contributed by atoms with Gasteiger partial charge in [-0.1, -0.05) is 0 Å². The summed E-state index contributed by atoms with van der Waals surface area (Å²) in [7, 11) is -3.03. The van der Waals surface area contributed by atoms with Gasteiger partial charge in [-0.15, -0.1) is 0 Å². The van der Waals surface area contributed by atoms with Crippen LogP contribution < -0.4 is 0 Å². The third kappa shape index (κ3) is 1.36. The van der Waals surface area contributed by atoms with Crippen LogP contribution in [0.1, 0.15) is 19.3 Å². The zero-order valence-electron chi connectivity index (χ0n) is 6.81. The normalized spacial score (nSPS) is 32.6. The first-order valence-electron chi connectivity index (χ1n) is 4.28. The molecule has 0 aromatic carbocycles. The van der Waals surface area contributed by atoms with Crippen molar-refractivity contribution in [3.63, 3.8) is 0 Å². The second kappa shape index (κ2) is 2.68. The number of nitrogens with zero attached hydrogens (tertiary/aromatic N) is 1. The van der Waals surface area contributed by atoms with E-state index in [0.717, 1.165) is 12.8 Å². The monoisotopic (exact) mass is 191 g/mol. The lowest BCUT2D eigenvalue weighted by atomic mass is 10.3. The minimum Gasteiger partial charge on any atom is -0.392 e. The first kappa shape index (κ1) is 8.47. The van der Waals surface area contributed by atoms with Crippen molar-refractivity contribution >= 4 is 10.0 Å². The Bertz CT molecular complexity index is 270. The number of sulfonamides is 1. The number of aliphatic hydroxyl groups is 1. The van der Waals surface area contributed by atoms with Crippen LogP contribution in [0.25, 0.3) is 0 Å². The van der Waals surface area contributed by atoms with E-state index in [2.05, 4.69) is 0 Å². The Labute approximate surface area is 72.2 Å². The molecule has 70 valence electrons. The average molecular weight is 191 g/mol. The Kier molecular flexibility index (Phi) is 1.89. The largest absolute Gasteiger partial charge is 0.392 e. The van der Waals surface area contributed by atoms with E-state index in [-0.39, 0.29) is 5.25 Å². The van der Waals surface area contributed by atoms with Gasteiger partial charge in [0.25, 0.3) is 0 Å². The molecule has 1 aliphatic carbocycles. The Morgan fingerprint density at radius 2 is 1.92 bits per heavy atom. The van der Waals surface area contributed by atoms with E-state index in [1.54, 1.807) is 0 Å². The highest BCUT2D eigenvalue weighted by Crippen LogP contribution is 2.32. The summed E-state index contributed by atoms with van der Waals surface area (Å²) in [6.07, 6.45) is 1.74. The third-order valence-corrected chi connectivity index (χ3v) is 4.80. The fourth-order valence-electron chi connectivity index (χ4n) is 1.52. The van der Waals surface area contributed by atoms with E-state index < -0.39 is 16.1 Å². The van der Waals surface area contributed by atoms with Gasteiger partial charge in [0.2, 0.25) is 10.0 Å². The van der Waals surface area contributed by atoms with E-state index in [4.69, 9.17) is 5.11 Å². The first-order valence-corrected chi connectivity index (χ1v) is 5.78. The van der Waals surface area contributed by atoms with E-state index in [0.29, 0.717) is 19.5 Å². The predicted molar refractivity (Wildman–Crippen MR) is 44.1 cm³/mol. The number of hydrogen-bond acceptors (Lipinski definition) is 3. The topological polar surface area (TPSA) is 57.6 Å². The molecule has 2 fully saturated rings. The molecular formula is C7H13NO3S. The molecule has 1 saturated heterocycles. The summed E-state index contributed by atoms with van der Waals surface area (Å²) in [5, 5.41) is 9.02. The molecule has 1 atom stereocenters. The second-order valence-electron chi connectivity index (χ2n) is 3.54. The minimum atomic E-state index is -3.03. The molecule has 1 heterocycles. The number of hydrogen-bond donors (Lipinski definition) is 1. The molecule has 1 aliphatic heterocycles. The summed E-state index contributed by atoms with van der Waals surface area (Å²) in [5.41, 5.74) is 0. The van der Waals surface area contributed by atoms with Crippen molar-refractivity contribution in [1.29, 1.82) is 0 Å². The molecule has 4 nitrogen and oxygen atoms in total. The molecule has 2 aliphatic rings. The summed E-state index contributed by atoms with van der Waals surface area (Å²) in [4.78, 5) is 0. The van der Waals surface area contributed by atoms with Crippen molar-refractivity contribution < 1.29 is 13.5 Å². The molecule has 0 radical (unpaired) electrons. The van der Waals surface area contributed by atoms with E-state index in [9.17, 15) is 8.42 Å². The van der Waals surface area contributed by atoms with Gasteiger partial charge in [0.1, 0.15) is 0 Å². The fraction of sp³-hybridized carbons (Fsp3) is 1.00. The molecule has 1 saturated carbocycles. The summed E-state index contributed by atoms with van der Waals surface area (Å²) >= 11 is 0. The van der Waals surface area contributed by atoms with Crippen molar-refractivity contribution in [3.8, 4) is 0 Å². The number of aliphatic hydroxyl groups excluding tert-OH is 1. The maximum atomic E-state index is 11.6. The van der Waals surface area contributed by atoms with Crippen molar-refractivity contribution in [1.82, 2.24) is 4.31 Å². The van der Waals surface area contributed by atoms with Crippen LogP contribution in [0.3, 0.4) is 0 Å². The van der Waals surface area contributed by atoms with Gasteiger partial charge in [0.05, 0.1) is 11.4 Å². The molecule has 12 heavy (non-hydrogen) atoms. The Morgan fingerprint density at radius 1 is 1.25 bits per heavy atom. The van der Waals surface area contributed by atoms with Crippen molar-refractivity contribution in [2.24, 2.45) is 0 Å². The Balaban J connectivity index is 2.08. The van der Waals surface area contributed by atoms with Crippen LogP contribution in [0, 0.1) is 0 Å². The van der Waals surface area contributed by atoms with Crippen LogP contribution in [0.2, 0.25) is 0 Å². The van der Waals surface area contributed by atoms with Gasteiger partial charge in [-0.05, 0) is 19.3 Å². The SMILES string of the molecule is O=S(=O)(C1CC1)N1CC[C@@H](O)C1. The Morgan fingerprint density at radius 3 is 2.33 bits per heavy atom. The van der Waals surface area contributed by atoms with Crippen LogP contribution in [0.5, 0.6) is 0 Å². The average Bonchev–Trinajstić information content (AvgIpc) is 2.75. The van der Waals surface area contributed by atoms with Gasteiger partial charge in [0, 0.05) is 13.1 Å². The van der Waals surface area contributed by atoms with Crippen molar-refractivity contribution in [3.05, 3.63) is 0 Å². The molecule has 0 aromatic heterocycles. The zero-order valence-corrected chi connectivity index (χ0v) is 7.63. The molecule has 2 rings (SSSR count). The van der Waals surface area contributed by atoms with Crippen LogP contribution in [-0.4, -0.2) is 42.3 Å². The molecule has 0 unspecified atom stereocenters. The van der Waals surface area contributed by atoms with Gasteiger partial charge in [-0.25, -0.2) is 8.42 Å². The highest BCUT2D eigenvalue weighted by Gasteiger charge is 2.42. The lowest BCUT2D eigenvalue weighted by Gasteiger charge is -2.14. The molecule has 0 amide bonds. The molecular weight excluding hydrogens is 178 g/mol. The highest BCUT2D eigenvalue weighted by molar-refractivity contribution is 7.90. The van der Waals surface area contributed by atoms with Gasteiger partial charge in [-0.3, -0.25) is 0 Å².